The van der Waals surface area contributed by atoms with E-state index in [4.69, 9.17) is 5.11 Å². The Kier molecular flexibility index (Phi) is 2.04. The van der Waals surface area contributed by atoms with Gasteiger partial charge in [0, 0.05) is 6.92 Å². The lowest BCUT2D eigenvalue weighted by molar-refractivity contribution is 0.0151. The molecule has 0 fully saturated rings. The highest BCUT2D eigenvalue weighted by molar-refractivity contribution is 5.38. The molecular weight excluding hydrogens is 162 g/mol. The van der Waals surface area contributed by atoms with E-state index in [0.29, 0.717) is 5.56 Å². The predicted molar refractivity (Wildman–Crippen MR) is 42.4 cm³/mol. The lowest BCUT2D eigenvalue weighted by Crippen LogP contribution is -2.07. The largest absolute Gasteiger partial charge is 0.507 e. The van der Waals surface area contributed by atoms with Crippen LogP contribution < -0.4 is 0 Å². The van der Waals surface area contributed by atoms with Gasteiger partial charge >= 0.3 is 0 Å². The second kappa shape index (κ2) is 2.73. The lowest BCUT2D eigenvalue weighted by atomic mass is 10.1. The fourth-order valence-electron chi connectivity index (χ4n) is 1.00. The van der Waals surface area contributed by atoms with Crippen LogP contribution in [0.25, 0.3) is 0 Å². The number of aromatic hydroxyl groups is 1. The zero-order chi connectivity index (χ0) is 9.35. The van der Waals surface area contributed by atoms with Crippen molar-refractivity contribution >= 4 is 0 Å². The Morgan fingerprint density at radius 3 is 2.33 bits per heavy atom. The van der Waals surface area contributed by atoms with Gasteiger partial charge in [-0.3, -0.25) is 0 Å². The van der Waals surface area contributed by atoms with Gasteiger partial charge in [-0.2, -0.15) is 0 Å². The molecular formula is C9H10F2O. The zero-order valence-electron chi connectivity index (χ0n) is 6.94. The van der Waals surface area contributed by atoms with E-state index in [1.807, 2.05) is 0 Å². The average molecular weight is 172 g/mol. The number of rotatable bonds is 1. The van der Waals surface area contributed by atoms with E-state index >= 15 is 0 Å². The van der Waals surface area contributed by atoms with E-state index in [1.54, 1.807) is 13.0 Å². The highest BCUT2D eigenvalue weighted by atomic mass is 19.3. The maximum Gasteiger partial charge on any atom is 0.274 e. The van der Waals surface area contributed by atoms with Crippen molar-refractivity contribution in [1.82, 2.24) is 0 Å². The fourth-order valence-corrected chi connectivity index (χ4v) is 1.00. The second-order valence-corrected chi connectivity index (χ2v) is 2.91. The molecule has 1 aromatic rings. The van der Waals surface area contributed by atoms with Gasteiger partial charge in [0.05, 0.1) is 5.56 Å². The van der Waals surface area contributed by atoms with Crippen molar-refractivity contribution in [3.8, 4) is 5.75 Å². The summed E-state index contributed by atoms with van der Waals surface area (Å²) >= 11 is 0. The van der Waals surface area contributed by atoms with Gasteiger partial charge in [0.1, 0.15) is 5.75 Å². The van der Waals surface area contributed by atoms with Crippen molar-refractivity contribution in [3.05, 3.63) is 29.3 Å². The molecule has 1 N–H and O–H groups in total. The Labute approximate surface area is 69.7 Å². The van der Waals surface area contributed by atoms with Gasteiger partial charge in [0.25, 0.3) is 5.92 Å². The quantitative estimate of drug-likeness (QED) is 0.690. The lowest BCUT2D eigenvalue weighted by Gasteiger charge is -2.12. The topological polar surface area (TPSA) is 20.2 Å². The Hall–Kier alpha value is -1.12. The van der Waals surface area contributed by atoms with Gasteiger partial charge < -0.3 is 5.11 Å². The van der Waals surface area contributed by atoms with Crippen LogP contribution in [0.5, 0.6) is 5.75 Å². The van der Waals surface area contributed by atoms with Gasteiger partial charge in [-0.15, -0.1) is 0 Å². The first-order chi connectivity index (χ1) is 5.41. The predicted octanol–water partition coefficient (Wildman–Crippen LogP) is 2.81. The molecule has 0 spiro atoms. The summed E-state index contributed by atoms with van der Waals surface area (Å²) in [5, 5.41) is 9.09. The van der Waals surface area contributed by atoms with Crippen LogP contribution >= 0.6 is 0 Å². The number of hydrogen-bond donors (Lipinski definition) is 1. The monoisotopic (exact) mass is 172 g/mol. The van der Waals surface area contributed by atoms with Gasteiger partial charge in [-0.25, -0.2) is 8.78 Å². The molecule has 1 rings (SSSR count). The summed E-state index contributed by atoms with van der Waals surface area (Å²) in [5.41, 5.74) is 0.395. The Morgan fingerprint density at radius 2 is 1.92 bits per heavy atom. The van der Waals surface area contributed by atoms with E-state index in [2.05, 4.69) is 0 Å². The van der Waals surface area contributed by atoms with E-state index < -0.39 is 5.92 Å². The Bertz CT molecular complexity index is 289. The summed E-state index contributed by atoms with van der Waals surface area (Å²) in [6.07, 6.45) is 0. The van der Waals surface area contributed by atoms with Crippen molar-refractivity contribution in [3.63, 3.8) is 0 Å². The number of hydrogen-bond acceptors (Lipinski definition) is 1. The van der Waals surface area contributed by atoms with E-state index in [9.17, 15) is 8.78 Å². The first-order valence-electron chi connectivity index (χ1n) is 3.59. The van der Waals surface area contributed by atoms with Gasteiger partial charge in [0.15, 0.2) is 0 Å². The molecule has 0 amide bonds. The molecule has 0 aliphatic rings. The van der Waals surface area contributed by atoms with Crippen LogP contribution in [0, 0.1) is 6.92 Å². The van der Waals surface area contributed by atoms with Gasteiger partial charge in [0.2, 0.25) is 0 Å². The van der Waals surface area contributed by atoms with Crippen LogP contribution in [-0.4, -0.2) is 5.11 Å². The highest BCUT2D eigenvalue weighted by Crippen LogP contribution is 2.33. The molecule has 0 heterocycles. The van der Waals surface area contributed by atoms with E-state index in [1.165, 1.54) is 12.1 Å². The van der Waals surface area contributed by atoms with Gasteiger partial charge in [-0.05, 0) is 19.1 Å². The molecule has 0 unspecified atom stereocenters. The Morgan fingerprint density at radius 1 is 1.33 bits per heavy atom. The first kappa shape index (κ1) is 8.97. The summed E-state index contributed by atoms with van der Waals surface area (Å²) in [7, 11) is 0. The van der Waals surface area contributed by atoms with Crippen molar-refractivity contribution in [2.45, 2.75) is 19.8 Å². The number of alkyl halides is 2. The van der Waals surface area contributed by atoms with Crippen LogP contribution in [0.3, 0.4) is 0 Å². The first-order valence-corrected chi connectivity index (χ1v) is 3.59. The molecule has 1 nitrogen and oxygen atoms in total. The average Bonchev–Trinajstić information content (AvgIpc) is 1.92. The molecule has 0 atom stereocenters. The second-order valence-electron chi connectivity index (χ2n) is 2.91. The number of phenols is 1. The molecule has 0 aliphatic heterocycles. The molecule has 0 aromatic heterocycles. The van der Waals surface area contributed by atoms with Crippen molar-refractivity contribution < 1.29 is 13.9 Å². The molecule has 66 valence electrons. The number of halogens is 2. The van der Waals surface area contributed by atoms with Crippen LogP contribution in [0.1, 0.15) is 18.1 Å². The van der Waals surface area contributed by atoms with Crippen LogP contribution in [-0.2, 0) is 5.92 Å². The van der Waals surface area contributed by atoms with Crippen molar-refractivity contribution in [2.75, 3.05) is 0 Å². The number of aryl methyl sites for hydroxylation is 1. The summed E-state index contributed by atoms with van der Waals surface area (Å²) in [5.74, 6) is -3.33. The van der Waals surface area contributed by atoms with Crippen LogP contribution in [0.4, 0.5) is 8.78 Å². The normalized spacial score (nSPS) is 11.7. The molecule has 12 heavy (non-hydrogen) atoms. The minimum atomic E-state index is -2.98. The summed E-state index contributed by atoms with van der Waals surface area (Å²) in [6.45, 7) is 2.47. The number of phenolic OH excluding ortho intramolecular Hbond substituents is 1. The third-order valence-electron chi connectivity index (χ3n) is 1.62. The van der Waals surface area contributed by atoms with Crippen molar-refractivity contribution in [2.24, 2.45) is 0 Å². The van der Waals surface area contributed by atoms with E-state index in [-0.39, 0.29) is 11.3 Å². The minimum absolute atomic E-state index is 0.317. The zero-order valence-corrected chi connectivity index (χ0v) is 6.94. The third-order valence-corrected chi connectivity index (χ3v) is 1.62. The SMILES string of the molecule is Cc1ccc(O)c(C(C)(F)F)c1. The van der Waals surface area contributed by atoms with Gasteiger partial charge in [-0.1, -0.05) is 11.6 Å². The van der Waals surface area contributed by atoms with Crippen LogP contribution in [0.15, 0.2) is 18.2 Å². The standard InChI is InChI=1S/C9H10F2O/c1-6-3-4-8(12)7(5-6)9(2,10)11/h3-5,12H,1-2H3. The summed E-state index contributed by atoms with van der Waals surface area (Å²) < 4.78 is 25.5. The molecule has 0 bridgehead atoms. The fraction of sp³-hybridized carbons (Fsp3) is 0.333. The van der Waals surface area contributed by atoms with Crippen molar-refractivity contribution in [1.29, 1.82) is 0 Å². The summed E-state index contributed by atoms with van der Waals surface area (Å²) in [4.78, 5) is 0. The number of benzene rings is 1. The molecule has 0 radical (unpaired) electrons. The maximum absolute atomic E-state index is 12.7. The van der Waals surface area contributed by atoms with Crippen LogP contribution in [0.2, 0.25) is 0 Å². The summed E-state index contributed by atoms with van der Waals surface area (Å²) in [6, 6.07) is 4.15. The Balaban J connectivity index is 3.23. The minimum Gasteiger partial charge on any atom is -0.507 e. The maximum atomic E-state index is 12.7. The molecule has 0 aliphatic carbocycles. The van der Waals surface area contributed by atoms with E-state index in [0.717, 1.165) is 6.92 Å². The molecule has 1 aromatic carbocycles. The highest BCUT2D eigenvalue weighted by Gasteiger charge is 2.27. The molecule has 0 saturated heterocycles. The molecule has 3 heteroatoms. The smallest absolute Gasteiger partial charge is 0.274 e. The third kappa shape index (κ3) is 1.72. The molecule has 0 saturated carbocycles.